The molecule has 0 aliphatic carbocycles. The molecule has 0 unspecified atom stereocenters. The molecular formula is C12H19N5O. The minimum absolute atomic E-state index is 0.670. The van der Waals surface area contributed by atoms with E-state index in [-0.39, 0.29) is 0 Å². The Morgan fingerprint density at radius 1 is 1.39 bits per heavy atom. The van der Waals surface area contributed by atoms with Gasteiger partial charge in [0.1, 0.15) is 6.33 Å². The molecule has 0 aliphatic heterocycles. The van der Waals surface area contributed by atoms with Gasteiger partial charge in [0.05, 0.1) is 6.61 Å². The Labute approximate surface area is 106 Å². The maximum Gasteiger partial charge on any atom is 0.203 e. The van der Waals surface area contributed by atoms with Crippen LogP contribution in [0.3, 0.4) is 0 Å². The molecule has 6 nitrogen and oxygen atoms in total. The van der Waals surface area contributed by atoms with Crippen molar-refractivity contribution in [3.63, 3.8) is 0 Å². The van der Waals surface area contributed by atoms with Crippen LogP contribution in [0, 0.1) is 5.92 Å². The molecule has 0 amide bonds. The molecule has 1 N–H and O–H groups in total. The Kier molecular flexibility index (Phi) is 4.46. The molecule has 6 heteroatoms. The number of nitrogens with one attached hydrogen (secondary N) is 1. The Morgan fingerprint density at radius 2 is 2.28 bits per heavy atom. The van der Waals surface area contributed by atoms with Gasteiger partial charge in [-0.15, -0.1) is 10.2 Å². The lowest BCUT2D eigenvalue weighted by molar-refractivity contribution is 0.132. The molecule has 0 aromatic carbocycles. The van der Waals surface area contributed by atoms with E-state index in [0.717, 1.165) is 31.0 Å². The number of nitrogens with zero attached hydrogens (tertiary/aromatic N) is 4. The second kappa shape index (κ2) is 6.30. The fourth-order valence-electron chi connectivity index (χ4n) is 1.55. The van der Waals surface area contributed by atoms with Gasteiger partial charge in [-0.3, -0.25) is 4.40 Å². The first kappa shape index (κ1) is 12.8. The summed E-state index contributed by atoms with van der Waals surface area (Å²) >= 11 is 0. The molecule has 0 saturated heterocycles. The van der Waals surface area contributed by atoms with Gasteiger partial charge in [-0.2, -0.15) is 0 Å². The molecular weight excluding hydrogens is 230 g/mol. The maximum absolute atomic E-state index is 5.53. The van der Waals surface area contributed by atoms with Gasteiger partial charge in [0.2, 0.25) is 5.65 Å². The van der Waals surface area contributed by atoms with Crippen LogP contribution in [0.25, 0.3) is 5.65 Å². The lowest BCUT2D eigenvalue weighted by Gasteiger charge is -2.08. The predicted molar refractivity (Wildman–Crippen MR) is 69.5 cm³/mol. The Balaban J connectivity index is 1.75. The summed E-state index contributed by atoms with van der Waals surface area (Å²) in [6, 6.07) is 0. The first-order chi connectivity index (χ1) is 8.77. The smallest absolute Gasteiger partial charge is 0.203 e. The Bertz CT molecular complexity index is 482. The summed E-state index contributed by atoms with van der Waals surface area (Å²) in [7, 11) is 0. The van der Waals surface area contributed by atoms with Crippen molar-refractivity contribution >= 4 is 11.5 Å². The minimum Gasteiger partial charge on any atom is -0.380 e. The number of fused-ring (bicyclic) bond motifs is 1. The van der Waals surface area contributed by atoms with Crippen molar-refractivity contribution in [2.24, 2.45) is 5.92 Å². The van der Waals surface area contributed by atoms with E-state index in [1.54, 1.807) is 12.5 Å². The van der Waals surface area contributed by atoms with Gasteiger partial charge in [-0.05, 0) is 12.3 Å². The number of aromatic nitrogens is 4. The van der Waals surface area contributed by atoms with Crippen molar-refractivity contribution in [2.75, 3.05) is 25.1 Å². The molecule has 0 saturated carbocycles. The lowest BCUT2D eigenvalue weighted by atomic mass is 10.1. The second-order valence-corrected chi connectivity index (χ2v) is 4.56. The molecule has 0 radical (unpaired) electrons. The van der Waals surface area contributed by atoms with Gasteiger partial charge >= 0.3 is 0 Å². The molecule has 0 spiro atoms. The zero-order chi connectivity index (χ0) is 12.8. The highest BCUT2D eigenvalue weighted by Gasteiger charge is 2.03. The van der Waals surface area contributed by atoms with E-state index >= 15 is 0 Å². The molecule has 2 rings (SSSR count). The van der Waals surface area contributed by atoms with Crippen LogP contribution in [0.5, 0.6) is 0 Å². The third-order valence-corrected chi connectivity index (χ3v) is 2.59. The predicted octanol–water partition coefficient (Wildman–Crippen LogP) is 1.60. The van der Waals surface area contributed by atoms with Crippen LogP contribution in [0.1, 0.15) is 20.3 Å². The SMILES string of the molecule is CC(C)CCOCCNc1nccn2cnnc12. The first-order valence-corrected chi connectivity index (χ1v) is 6.23. The average molecular weight is 249 g/mol. The lowest BCUT2D eigenvalue weighted by Crippen LogP contribution is -2.12. The summed E-state index contributed by atoms with van der Waals surface area (Å²) in [5.41, 5.74) is 0.736. The highest BCUT2D eigenvalue weighted by atomic mass is 16.5. The van der Waals surface area contributed by atoms with Crippen LogP contribution in [0.15, 0.2) is 18.7 Å². The summed E-state index contributed by atoms with van der Waals surface area (Å²) in [4.78, 5) is 4.24. The van der Waals surface area contributed by atoms with Crippen molar-refractivity contribution in [3.05, 3.63) is 18.7 Å². The van der Waals surface area contributed by atoms with Crippen LogP contribution in [-0.2, 0) is 4.74 Å². The van der Waals surface area contributed by atoms with Crippen LogP contribution in [0.4, 0.5) is 5.82 Å². The summed E-state index contributed by atoms with van der Waals surface area (Å²) < 4.78 is 7.35. The highest BCUT2D eigenvalue weighted by Crippen LogP contribution is 2.08. The van der Waals surface area contributed by atoms with Crippen molar-refractivity contribution in [1.29, 1.82) is 0 Å². The maximum atomic E-state index is 5.53. The monoisotopic (exact) mass is 249 g/mol. The van der Waals surface area contributed by atoms with E-state index < -0.39 is 0 Å². The van der Waals surface area contributed by atoms with Gasteiger partial charge in [0.25, 0.3) is 0 Å². The van der Waals surface area contributed by atoms with Crippen LogP contribution in [-0.4, -0.2) is 39.3 Å². The van der Waals surface area contributed by atoms with Crippen LogP contribution in [0.2, 0.25) is 0 Å². The van der Waals surface area contributed by atoms with Crippen LogP contribution < -0.4 is 5.32 Å². The summed E-state index contributed by atoms with van der Waals surface area (Å²) in [6.07, 6.45) is 6.29. The molecule has 18 heavy (non-hydrogen) atoms. The molecule has 98 valence electrons. The molecule has 0 fully saturated rings. The zero-order valence-electron chi connectivity index (χ0n) is 10.8. The first-order valence-electron chi connectivity index (χ1n) is 6.23. The summed E-state index contributed by atoms with van der Waals surface area (Å²) in [5, 5.41) is 11.0. The number of ether oxygens (including phenoxy) is 1. The quantitative estimate of drug-likeness (QED) is 0.755. The second-order valence-electron chi connectivity index (χ2n) is 4.56. The Morgan fingerprint density at radius 3 is 3.11 bits per heavy atom. The van der Waals surface area contributed by atoms with Gasteiger partial charge in [0, 0.05) is 25.5 Å². The van der Waals surface area contributed by atoms with Crippen molar-refractivity contribution in [3.8, 4) is 0 Å². The van der Waals surface area contributed by atoms with Crippen molar-refractivity contribution in [2.45, 2.75) is 20.3 Å². The Hall–Kier alpha value is -1.69. The molecule has 0 atom stereocenters. The van der Waals surface area contributed by atoms with E-state index in [2.05, 4.69) is 34.3 Å². The van der Waals surface area contributed by atoms with Crippen molar-refractivity contribution in [1.82, 2.24) is 19.6 Å². The number of hydrogen-bond acceptors (Lipinski definition) is 5. The zero-order valence-corrected chi connectivity index (χ0v) is 10.8. The van der Waals surface area contributed by atoms with E-state index in [1.165, 1.54) is 0 Å². The van der Waals surface area contributed by atoms with Gasteiger partial charge in [-0.1, -0.05) is 13.8 Å². The average Bonchev–Trinajstić information content (AvgIpc) is 2.82. The van der Waals surface area contributed by atoms with Gasteiger partial charge in [-0.25, -0.2) is 4.98 Å². The molecule has 2 aromatic rings. The third-order valence-electron chi connectivity index (χ3n) is 2.59. The van der Waals surface area contributed by atoms with E-state index in [0.29, 0.717) is 12.5 Å². The van der Waals surface area contributed by atoms with E-state index in [9.17, 15) is 0 Å². The fourth-order valence-corrected chi connectivity index (χ4v) is 1.55. The largest absolute Gasteiger partial charge is 0.380 e. The minimum atomic E-state index is 0.670. The van der Waals surface area contributed by atoms with Gasteiger partial charge < -0.3 is 10.1 Å². The molecule has 0 aliphatic rings. The highest BCUT2D eigenvalue weighted by molar-refractivity contribution is 5.61. The number of hydrogen-bond donors (Lipinski definition) is 1. The summed E-state index contributed by atoms with van der Waals surface area (Å²) in [5.74, 6) is 1.42. The third kappa shape index (κ3) is 3.40. The topological polar surface area (TPSA) is 64.3 Å². The van der Waals surface area contributed by atoms with Gasteiger partial charge in [0.15, 0.2) is 5.82 Å². The summed E-state index contributed by atoms with van der Waals surface area (Å²) in [6.45, 7) is 6.58. The van der Waals surface area contributed by atoms with Crippen molar-refractivity contribution < 1.29 is 4.74 Å². The number of rotatable bonds is 7. The number of anilines is 1. The van der Waals surface area contributed by atoms with E-state index in [1.807, 2.05) is 10.6 Å². The molecule has 2 heterocycles. The molecule has 2 aromatic heterocycles. The standard InChI is InChI=1S/C12H19N5O/c1-10(2)3-7-18-8-5-14-11-12-16-15-9-17(12)6-4-13-11/h4,6,9-10H,3,5,7-8H2,1-2H3,(H,13,14). The normalized spacial score (nSPS) is 11.3. The molecule has 0 bridgehead atoms. The fraction of sp³-hybridized carbons (Fsp3) is 0.583. The van der Waals surface area contributed by atoms with Crippen LogP contribution >= 0.6 is 0 Å². The van der Waals surface area contributed by atoms with E-state index in [4.69, 9.17) is 4.74 Å².